The Balaban J connectivity index is 1.83. The van der Waals surface area contributed by atoms with E-state index in [-0.39, 0.29) is 11.9 Å². The summed E-state index contributed by atoms with van der Waals surface area (Å²) in [5.41, 5.74) is 0. The van der Waals surface area contributed by atoms with Crippen LogP contribution in [0.3, 0.4) is 0 Å². The summed E-state index contributed by atoms with van der Waals surface area (Å²) in [6, 6.07) is 4.86. The van der Waals surface area contributed by atoms with Crippen LogP contribution in [-0.4, -0.2) is 37.2 Å². The lowest BCUT2D eigenvalue weighted by Crippen LogP contribution is -2.40. The number of piperidine rings is 1. The van der Waals surface area contributed by atoms with Gasteiger partial charge in [0.1, 0.15) is 5.82 Å². The van der Waals surface area contributed by atoms with Crippen LogP contribution in [0, 0.1) is 6.92 Å². The molecule has 3 aromatic rings. The highest BCUT2D eigenvalue weighted by Gasteiger charge is 2.33. The molecule has 2 unspecified atom stereocenters. The number of aromatic hydroxyl groups is 1. The molecule has 1 fully saturated rings. The highest BCUT2D eigenvalue weighted by molar-refractivity contribution is 7.17. The van der Waals surface area contributed by atoms with Crippen molar-refractivity contribution < 1.29 is 5.11 Å². The average molecular weight is 348 g/mol. The number of aromatic nitrogens is 3. The van der Waals surface area contributed by atoms with Gasteiger partial charge in [-0.2, -0.15) is 4.52 Å². The van der Waals surface area contributed by atoms with Gasteiger partial charge in [0, 0.05) is 10.9 Å². The summed E-state index contributed by atoms with van der Waals surface area (Å²) >= 11 is 3.30. The quantitative estimate of drug-likeness (QED) is 0.781. The molecule has 1 saturated heterocycles. The normalized spacial score (nSPS) is 21.0. The highest BCUT2D eigenvalue weighted by atomic mass is 32.1. The molecule has 4 rings (SSSR count). The van der Waals surface area contributed by atoms with E-state index in [1.807, 2.05) is 6.92 Å². The molecule has 3 aromatic heterocycles. The maximum atomic E-state index is 10.7. The van der Waals surface area contributed by atoms with Crippen LogP contribution in [0.1, 0.15) is 47.8 Å². The molecule has 1 aliphatic rings. The van der Waals surface area contributed by atoms with E-state index in [4.69, 9.17) is 0 Å². The second-order valence-corrected chi connectivity index (χ2v) is 8.13. The Kier molecular flexibility index (Phi) is 3.87. The molecule has 0 radical (unpaired) electrons. The predicted molar refractivity (Wildman–Crippen MR) is 93.4 cm³/mol. The van der Waals surface area contributed by atoms with Crippen LogP contribution in [0.2, 0.25) is 0 Å². The monoisotopic (exact) mass is 348 g/mol. The van der Waals surface area contributed by atoms with Crippen LogP contribution >= 0.6 is 22.7 Å². The van der Waals surface area contributed by atoms with Crippen LogP contribution in [0.15, 0.2) is 17.5 Å². The SMILES string of the molecule is Cc1nc2sc(C(c3cccs3)N3CCCCC3C)c(O)n2n1. The van der Waals surface area contributed by atoms with Gasteiger partial charge < -0.3 is 5.11 Å². The minimum Gasteiger partial charge on any atom is -0.492 e. The van der Waals surface area contributed by atoms with Crippen molar-refractivity contribution in [2.45, 2.75) is 45.2 Å². The van der Waals surface area contributed by atoms with Gasteiger partial charge in [-0.15, -0.1) is 16.4 Å². The van der Waals surface area contributed by atoms with E-state index in [2.05, 4.69) is 39.4 Å². The van der Waals surface area contributed by atoms with Crippen molar-refractivity contribution >= 4 is 27.6 Å². The molecule has 0 bridgehead atoms. The summed E-state index contributed by atoms with van der Waals surface area (Å²) in [6.45, 7) is 5.20. The van der Waals surface area contributed by atoms with Gasteiger partial charge in [0.25, 0.3) is 0 Å². The minimum atomic E-state index is 0.0964. The van der Waals surface area contributed by atoms with E-state index in [9.17, 15) is 5.11 Å². The van der Waals surface area contributed by atoms with Crippen LogP contribution in [0.5, 0.6) is 5.88 Å². The summed E-state index contributed by atoms with van der Waals surface area (Å²) in [5.74, 6) is 0.930. The molecule has 1 aliphatic heterocycles. The number of hydrogen-bond acceptors (Lipinski definition) is 6. The van der Waals surface area contributed by atoms with E-state index in [1.165, 1.54) is 24.1 Å². The molecule has 0 spiro atoms. The fourth-order valence-electron chi connectivity index (χ4n) is 3.42. The van der Waals surface area contributed by atoms with Crippen molar-refractivity contribution in [3.8, 4) is 5.88 Å². The van der Waals surface area contributed by atoms with Crippen molar-refractivity contribution in [3.63, 3.8) is 0 Å². The Morgan fingerprint density at radius 1 is 1.39 bits per heavy atom. The molecule has 1 N–H and O–H groups in total. The Hall–Kier alpha value is -1.44. The molecule has 0 saturated carbocycles. The molecule has 23 heavy (non-hydrogen) atoms. The summed E-state index contributed by atoms with van der Waals surface area (Å²) in [7, 11) is 0. The summed E-state index contributed by atoms with van der Waals surface area (Å²) in [6.07, 6.45) is 3.71. The molecule has 122 valence electrons. The van der Waals surface area contributed by atoms with Gasteiger partial charge in [-0.05, 0) is 44.7 Å². The number of thiazole rings is 1. The first-order chi connectivity index (χ1) is 11.1. The zero-order valence-electron chi connectivity index (χ0n) is 13.3. The van der Waals surface area contributed by atoms with Gasteiger partial charge in [-0.25, -0.2) is 4.98 Å². The first kappa shape index (κ1) is 15.1. The number of fused-ring (bicyclic) bond motifs is 1. The smallest absolute Gasteiger partial charge is 0.230 e. The number of thiophene rings is 1. The molecule has 7 heteroatoms. The van der Waals surface area contributed by atoms with E-state index in [0.717, 1.165) is 16.4 Å². The lowest BCUT2D eigenvalue weighted by molar-refractivity contribution is 0.126. The van der Waals surface area contributed by atoms with E-state index < -0.39 is 0 Å². The Morgan fingerprint density at radius 3 is 2.96 bits per heavy atom. The van der Waals surface area contributed by atoms with Crippen molar-refractivity contribution in [2.24, 2.45) is 0 Å². The number of rotatable bonds is 3. The van der Waals surface area contributed by atoms with Gasteiger partial charge in [0.2, 0.25) is 10.8 Å². The van der Waals surface area contributed by atoms with Crippen molar-refractivity contribution in [3.05, 3.63) is 33.1 Å². The van der Waals surface area contributed by atoms with Gasteiger partial charge in [0.15, 0.2) is 0 Å². The average Bonchev–Trinajstić information content (AvgIpc) is 3.22. The van der Waals surface area contributed by atoms with E-state index in [1.54, 1.807) is 27.2 Å². The van der Waals surface area contributed by atoms with Gasteiger partial charge in [-0.3, -0.25) is 4.90 Å². The molecule has 4 heterocycles. The predicted octanol–water partition coefficient (Wildman–Crippen LogP) is 3.83. The number of likely N-dealkylation sites (tertiary alicyclic amines) is 1. The lowest BCUT2D eigenvalue weighted by Gasteiger charge is -2.38. The molecular weight excluding hydrogens is 328 g/mol. The Bertz CT molecular complexity index is 808. The minimum absolute atomic E-state index is 0.0964. The van der Waals surface area contributed by atoms with Gasteiger partial charge in [0.05, 0.1) is 10.9 Å². The molecule has 0 amide bonds. The largest absolute Gasteiger partial charge is 0.492 e. The number of aryl methyl sites for hydroxylation is 1. The first-order valence-corrected chi connectivity index (χ1v) is 9.69. The van der Waals surface area contributed by atoms with Crippen LogP contribution in [-0.2, 0) is 0 Å². The van der Waals surface area contributed by atoms with E-state index >= 15 is 0 Å². The standard InChI is InChI=1S/C16H20N4OS2/c1-10-6-3-4-8-19(10)13(12-7-5-9-22-12)14-15(21)20-16(23-14)17-11(2)18-20/h5,7,9-10,13,21H,3-4,6,8H2,1-2H3. The van der Waals surface area contributed by atoms with Gasteiger partial charge in [-0.1, -0.05) is 23.8 Å². The molecule has 0 aromatic carbocycles. The fraction of sp³-hybridized carbons (Fsp3) is 0.500. The van der Waals surface area contributed by atoms with Crippen molar-refractivity contribution in [1.82, 2.24) is 19.5 Å². The highest BCUT2D eigenvalue weighted by Crippen LogP contribution is 2.43. The Labute approximate surface area is 143 Å². The second kappa shape index (κ2) is 5.89. The number of hydrogen-bond donors (Lipinski definition) is 1. The Morgan fingerprint density at radius 2 is 2.26 bits per heavy atom. The molecule has 5 nitrogen and oxygen atoms in total. The summed E-state index contributed by atoms with van der Waals surface area (Å²) < 4.78 is 1.57. The molecule has 2 atom stereocenters. The maximum absolute atomic E-state index is 10.7. The maximum Gasteiger partial charge on any atom is 0.230 e. The third kappa shape index (κ3) is 2.56. The summed E-state index contributed by atoms with van der Waals surface area (Å²) in [5, 5.41) is 17.2. The zero-order valence-corrected chi connectivity index (χ0v) is 14.9. The number of nitrogens with zero attached hydrogens (tertiary/aromatic N) is 4. The zero-order chi connectivity index (χ0) is 16.0. The summed E-state index contributed by atoms with van der Waals surface area (Å²) in [4.78, 5) is 9.93. The van der Waals surface area contributed by atoms with Crippen molar-refractivity contribution in [2.75, 3.05) is 6.54 Å². The third-order valence-electron chi connectivity index (χ3n) is 4.55. The van der Waals surface area contributed by atoms with Crippen LogP contribution in [0.4, 0.5) is 0 Å². The first-order valence-electron chi connectivity index (χ1n) is 7.99. The molecular formula is C16H20N4OS2. The third-order valence-corrected chi connectivity index (χ3v) is 6.55. The molecule has 0 aliphatic carbocycles. The topological polar surface area (TPSA) is 53.7 Å². The van der Waals surface area contributed by atoms with Crippen molar-refractivity contribution in [1.29, 1.82) is 0 Å². The fourth-order valence-corrected chi connectivity index (χ4v) is 5.49. The lowest BCUT2D eigenvalue weighted by atomic mass is 10.00. The van der Waals surface area contributed by atoms with Crippen LogP contribution < -0.4 is 0 Å². The van der Waals surface area contributed by atoms with Gasteiger partial charge >= 0.3 is 0 Å². The van der Waals surface area contributed by atoms with Crippen LogP contribution in [0.25, 0.3) is 4.96 Å². The van der Waals surface area contributed by atoms with E-state index in [0.29, 0.717) is 11.9 Å². The second-order valence-electron chi connectivity index (χ2n) is 6.14.